The maximum absolute atomic E-state index is 12.0. The van der Waals surface area contributed by atoms with Crippen molar-refractivity contribution in [1.82, 2.24) is 19.3 Å². The summed E-state index contributed by atoms with van der Waals surface area (Å²) in [5.74, 6) is 1.48. The molecule has 0 aliphatic carbocycles. The second kappa shape index (κ2) is 9.09. The van der Waals surface area contributed by atoms with Gasteiger partial charge in [-0.2, -0.15) is 0 Å². The smallest absolute Gasteiger partial charge is 0.412 e. The van der Waals surface area contributed by atoms with Crippen LogP contribution in [0.1, 0.15) is 44.4 Å². The van der Waals surface area contributed by atoms with Crippen molar-refractivity contribution in [3.8, 4) is 5.88 Å². The highest BCUT2D eigenvalue weighted by Crippen LogP contribution is 2.32. The molecule has 3 rings (SSSR count). The van der Waals surface area contributed by atoms with Gasteiger partial charge in [0.15, 0.2) is 6.73 Å². The van der Waals surface area contributed by atoms with Gasteiger partial charge in [0.2, 0.25) is 11.7 Å². The highest BCUT2D eigenvalue weighted by Gasteiger charge is 2.22. The molecule has 0 spiro atoms. The van der Waals surface area contributed by atoms with E-state index in [-0.39, 0.29) is 25.9 Å². The molecule has 0 aliphatic rings. The number of carbonyl (C=O) groups excluding carboxylic acids is 1. The SMILES string of the molecule is CCc1c(C(C)CC)nc2nc3ccccc3n2c1OCN(C)C(=O)OCCO. The van der Waals surface area contributed by atoms with Crippen LogP contribution in [-0.2, 0) is 11.2 Å². The number of amides is 1. The normalized spacial score (nSPS) is 12.3. The first-order chi connectivity index (χ1) is 14.0. The van der Waals surface area contributed by atoms with Crippen molar-refractivity contribution in [2.45, 2.75) is 39.5 Å². The molecule has 1 unspecified atom stereocenters. The molecule has 1 atom stereocenters. The summed E-state index contributed by atoms with van der Waals surface area (Å²) in [6.45, 7) is 6.08. The molecule has 8 nitrogen and oxygen atoms in total. The Kier molecular flexibility index (Phi) is 6.53. The van der Waals surface area contributed by atoms with E-state index in [1.54, 1.807) is 7.05 Å². The summed E-state index contributed by atoms with van der Waals surface area (Å²) < 4.78 is 13.0. The van der Waals surface area contributed by atoms with Crippen LogP contribution < -0.4 is 4.74 Å². The zero-order valence-corrected chi connectivity index (χ0v) is 17.4. The molecule has 2 aromatic heterocycles. The zero-order valence-electron chi connectivity index (χ0n) is 17.4. The van der Waals surface area contributed by atoms with Gasteiger partial charge in [0.1, 0.15) is 6.61 Å². The Bertz CT molecular complexity index is 1000. The number of imidazole rings is 1. The van der Waals surface area contributed by atoms with Gasteiger partial charge >= 0.3 is 6.09 Å². The van der Waals surface area contributed by atoms with Gasteiger partial charge in [0.25, 0.3) is 0 Å². The van der Waals surface area contributed by atoms with Crippen molar-refractivity contribution >= 4 is 22.9 Å². The molecule has 3 aromatic rings. The first-order valence-electron chi connectivity index (χ1n) is 9.93. The monoisotopic (exact) mass is 400 g/mol. The molecule has 0 radical (unpaired) electrons. The number of aliphatic hydroxyl groups excluding tert-OH is 1. The first kappa shape index (κ1) is 20.9. The van der Waals surface area contributed by atoms with E-state index in [2.05, 4.69) is 25.8 Å². The number of nitrogens with zero attached hydrogens (tertiary/aromatic N) is 4. The van der Waals surface area contributed by atoms with Gasteiger partial charge in [-0.05, 0) is 30.9 Å². The predicted molar refractivity (Wildman–Crippen MR) is 110 cm³/mol. The number of benzene rings is 1. The Hall–Kier alpha value is -2.87. The van der Waals surface area contributed by atoms with Crippen molar-refractivity contribution in [3.63, 3.8) is 0 Å². The third-order valence-corrected chi connectivity index (χ3v) is 4.99. The number of aliphatic hydroxyl groups is 1. The van der Waals surface area contributed by atoms with E-state index in [1.165, 1.54) is 4.90 Å². The number of rotatable bonds is 8. The van der Waals surface area contributed by atoms with Gasteiger partial charge in [-0.25, -0.2) is 19.2 Å². The molecule has 1 amide bonds. The van der Waals surface area contributed by atoms with Crippen LogP contribution in [0.3, 0.4) is 0 Å². The van der Waals surface area contributed by atoms with Gasteiger partial charge in [-0.15, -0.1) is 0 Å². The predicted octanol–water partition coefficient (Wildman–Crippen LogP) is 3.36. The lowest BCUT2D eigenvalue weighted by Crippen LogP contribution is -2.32. The fourth-order valence-electron chi connectivity index (χ4n) is 3.25. The minimum absolute atomic E-state index is 0.00281. The van der Waals surface area contributed by atoms with E-state index in [0.29, 0.717) is 11.7 Å². The summed E-state index contributed by atoms with van der Waals surface area (Å²) in [5, 5.41) is 8.83. The minimum atomic E-state index is -0.556. The van der Waals surface area contributed by atoms with E-state index in [0.717, 1.165) is 35.1 Å². The van der Waals surface area contributed by atoms with Crippen molar-refractivity contribution in [3.05, 3.63) is 35.5 Å². The summed E-state index contributed by atoms with van der Waals surface area (Å²) >= 11 is 0. The van der Waals surface area contributed by atoms with E-state index < -0.39 is 6.09 Å². The highest BCUT2D eigenvalue weighted by atomic mass is 16.6. The van der Waals surface area contributed by atoms with E-state index in [1.807, 2.05) is 28.7 Å². The van der Waals surface area contributed by atoms with Gasteiger partial charge in [0, 0.05) is 12.6 Å². The second-order valence-corrected chi connectivity index (χ2v) is 6.99. The van der Waals surface area contributed by atoms with Crippen LogP contribution in [0.2, 0.25) is 0 Å². The molecule has 0 fully saturated rings. The third kappa shape index (κ3) is 4.12. The molecule has 8 heteroatoms. The summed E-state index contributed by atoms with van der Waals surface area (Å²) in [6.07, 6.45) is 1.13. The highest BCUT2D eigenvalue weighted by molar-refractivity contribution is 5.80. The molecule has 29 heavy (non-hydrogen) atoms. The second-order valence-electron chi connectivity index (χ2n) is 6.99. The van der Waals surface area contributed by atoms with Crippen LogP contribution in [0.25, 0.3) is 16.8 Å². The van der Waals surface area contributed by atoms with Gasteiger partial charge in [-0.1, -0.05) is 32.9 Å². The Morgan fingerprint density at radius 2 is 2.03 bits per heavy atom. The molecular formula is C21H28N4O4. The number of fused-ring (bicyclic) bond motifs is 3. The number of aromatic nitrogens is 3. The lowest BCUT2D eigenvalue weighted by Gasteiger charge is -2.22. The Morgan fingerprint density at radius 1 is 1.28 bits per heavy atom. The van der Waals surface area contributed by atoms with Gasteiger partial charge in [-0.3, -0.25) is 4.90 Å². The van der Waals surface area contributed by atoms with Crippen LogP contribution in [0.5, 0.6) is 5.88 Å². The maximum Gasteiger partial charge on any atom is 0.412 e. The average Bonchev–Trinajstić information content (AvgIpc) is 3.12. The molecule has 0 saturated carbocycles. The van der Waals surface area contributed by atoms with Crippen LogP contribution in [0.4, 0.5) is 4.79 Å². The quantitative estimate of drug-likeness (QED) is 0.583. The molecular weight excluding hydrogens is 372 g/mol. The fraction of sp³-hybridized carbons (Fsp3) is 0.476. The van der Waals surface area contributed by atoms with Gasteiger partial charge < -0.3 is 14.6 Å². The third-order valence-electron chi connectivity index (χ3n) is 4.99. The summed E-state index contributed by atoms with van der Waals surface area (Å²) in [6, 6.07) is 7.82. The number of carbonyl (C=O) groups is 1. The lowest BCUT2D eigenvalue weighted by molar-refractivity contribution is 0.0672. The summed E-state index contributed by atoms with van der Waals surface area (Å²) in [5.41, 5.74) is 3.72. The number of hydrogen-bond acceptors (Lipinski definition) is 6. The largest absolute Gasteiger partial charge is 0.457 e. The van der Waals surface area contributed by atoms with Crippen LogP contribution in [0, 0.1) is 0 Å². The van der Waals surface area contributed by atoms with Crippen molar-refractivity contribution in [2.24, 2.45) is 0 Å². The summed E-state index contributed by atoms with van der Waals surface area (Å²) in [7, 11) is 1.59. The van der Waals surface area contributed by atoms with Crippen molar-refractivity contribution < 1.29 is 19.4 Å². The molecule has 1 N–H and O–H groups in total. The van der Waals surface area contributed by atoms with E-state index >= 15 is 0 Å². The maximum atomic E-state index is 12.0. The number of ether oxygens (including phenoxy) is 2. The fourth-order valence-corrected chi connectivity index (χ4v) is 3.25. The van der Waals surface area contributed by atoms with Crippen molar-refractivity contribution in [1.29, 1.82) is 0 Å². The Balaban J connectivity index is 2.08. The molecule has 2 heterocycles. The van der Waals surface area contributed by atoms with E-state index in [4.69, 9.17) is 19.6 Å². The first-order valence-corrected chi connectivity index (χ1v) is 9.93. The molecule has 0 bridgehead atoms. The molecule has 1 aromatic carbocycles. The van der Waals surface area contributed by atoms with Crippen LogP contribution >= 0.6 is 0 Å². The number of para-hydroxylation sites is 2. The minimum Gasteiger partial charge on any atom is -0.457 e. The molecule has 0 saturated heterocycles. The van der Waals surface area contributed by atoms with Crippen molar-refractivity contribution in [2.75, 3.05) is 27.0 Å². The lowest BCUT2D eigenvalue weighted by atomic mass is 9.99. The van der Waals surface area contributed by atoms with Crippen LogP contribution in [0.15, 0.2) is 24.3 Å². The molecule has 156 valence electrons. The standard InChI is InChI=1S/C21H28N4O4/c1-5-14(3)18-15(6-2)19(29-13-24(4)21(27)28-12-11-26)25-17-10-8-7-9-16(17)22-20(25)23-18/h7-10,14,26H,5-6,11-13H2,1-4H3. The zero-order chi connectivity index (χ0) is 21.0. The van der Waals surface area contributed by atoms with Gasteiger partial charge in [0.05, 0.1) is 23.3 Å². The van der Waals surface area contributed by atoms with E-state index in [9.17, 15) is 4.79 Å². The Morgan fingerprint density at radius 3 is 2.72 bits per heavy atom. The van der Waals surface area contributed by atoms with Crippen LogP contribution in [-0.4, -0.2) is 57.5 Å². The topological polar surface area (TPSA) is 89.2 Å². The number of hydrogen-bond donors (Lipinski definition) is 1. The molecule has 0 aliphatic heterocycles. The average molecular weight is 400 g/mol. The summed E-state index contributed by atoms with van der Waals surface area (Å²) in [4.78, 5) is 22.9. The Labute approximate surface area is 170 Å².